The van der Waals surface area contributed by atoms with E-state index in [0.29, 0.717) is 6.04 Å². The lowest BCUT2D eigenvalue weighted by Crippen LogP contribution is -2.22. The average molecular weight is 286 g/mol. The first kappa shape index (κ1) is 14.2. The molecule has 0 unspecified atom stereocenters. The van der Waals surface area contributed by atoms with Gasteiger partial charge in [0.1, 0.15) is 0 Å². The Kier molecular flexibility index (Phi) is 4.32. The van der Waals surface area contributed by atoms with Gasteiger partial charge in [-0.05, 0) is 44.9 Å². The van der Waals surface area contributed by atoms with Gasteiger partial charge in [-0.3, -0.25) is 0 Å². The van der Waals surface area contributed by atoms with E-state index >= 15 is 0 Å². The second-order valence-electron chi connectivity index (χ2n) is 5.94. The topological polar surface area (TPSA) is 44.0 Å². The van der Waals surface area contributed by atoms with Gasteiger partial charge in [-0.1, -0.05) is 19.3 Å². The summed E-state index contributed by atoms with van der Waals surface area (Å²) in [6.07, 6.45) is 6.59. The van der Waals surface area contributed by atoms with Crippen molar-refractivity contribution in [2.45, 2.75) is 52.0 Å². The fourth-order valence-electron chi connectivity index (χ4n) is 3.29. The Balaban J connectivity index is 1.79. The maximum atomic E-state index is 4.67. The normalized spacial score (nSPS) is 16.3. The minimum absolute atomic E-state index is 0.585. The standard InChI is InChI=1S/C17H26N4/c1-3-21(4-2)14-10-11-15-16(12-14)20-17(19-15)18-13-8-6-5-7-9-13/h10-13H,3-9H2,1-2H3,(H2,18,19,20). The van der Waals surface area contributed by atoms with Gasteiger partial charge in [0.2, 0.25) is 5.95 Å². The molecule has 21 heavy (non-hydrogen) atoms. The zero-order valence-electron chi connectivity index (χ0n) is 13.2. The summed E-state index contributed by atoms with van der Waals surface area (Å²) < 4.78 is 0. The van der Waals surface area contributed by atoms with Crippen LogP contribution < -0.4 is 10.2 Å². The molecule has 1 aliphatic carbocycles. The van der Waals surface area contributed by atoms with Crippen LogP contribution in [0.2, 0.25) is 0 Å². The van der Waals surface area contributed by atoms with Gasteiger partial charge in [0.05, 0.1) is 11.0 Å². The maximum Gasteiger partial charge on any atom is 0.201 e. The summed E-state index contributed by atoms with van der Waals surface area (Å²) in [7, 11) is 0. The van der Waals surface area contributed by atoms with Crippen LogP contribution in [0.5, 0.6) is 0 Å². The molecule has 0 radical (unpaired) electrons. The third kappa shape index (κ3) is 3.14. The monoisotopic (exact) mass is 286 g/mol. The van der Waals surface area contributed by atoms with E-state index in [-0.39, 0.29) is 0 Å². The summed E-state index contributed by atoms with van der Waals surface area (Å²) in [5.41, 5.74) is 3.43. The molecular formula is C17H26N4. The number of imidazole rings is 1. The molecule has 0 spiro atoms. The third-order valence-electron chi connectivity index (χ3n) is 4.54. The van der Waals surface area contributed by atoms with Crippen molar-refractivity contribution >= 4 is 22.7 Å². The van der Waals surface area contributed by atoms with E-state index in [2.05, 4.69) is 52.2 Å². The summed E-state index contributed by atoms with van der Waals surface area (Å²) >= 11 is 0. The molecule has 1 heterocycles. The molecule has 0 atom stereocenters. The Morgan fingerprint density at radius 1 is 1.19 bits per heavy atom. The molecule has 4 nitrogen and oxygen atoms in total. The van der Waals surface area contributed by atoms with Crippen molar-refractivity contribution in [2.24, 2.45) is 0 Å². The number of hydrogen-bond acceptors (Lipinski definition) is 3. The first-order chi connectivity index (χ1) is 10.3. The Morgan fingerprint density at radius 3 is 2.67 bits per heavy atom. The molecule has 3 rings (SSSR count). The molecular weight excluding hydrogens is 260 g/mol. The number of nitrogens with one attached hydrogen (secondary N) is 2. The second kappa shape index (κ2) is 6.37. The first-order valence-corrected chi connectivity index (χ1v) is 8.31. The Bertz CT molecular complexity index is 579. The Labute approximate surface area is 126 Å². The van der Waals surface area contributed by atoms with Crippen LogP contribution in [-0.4, -0.2) is 29.1 Å². The summed E-state index contributed by atoms with van der Waals surface area (Å²) in [5.74, 6) is 0.925. The minimum Gasteiger partial charge on any atom is -0.372 e. The molecule has 1 aliphatic rings. The minimum atomic E-state index is 0.585. The lowest BCUT2D eigenvalue weighted by Gasteiger charge is -2.22. The average Bonchev–Trinajstić information content (AvgIpc) is 2.91. The van der Waals surface area contributed by atoms with Gasteiger partial charge in [-0.2, -0.15) is 0 Å². The molecule has 0 saturated heterocycles. The SMILES string of the molecule is CCN(CC)c1ccc2nc(NC3CCCCC3)[nH]c2c1. The van der Waals surface area contributed by atoms with Gasteiger partial charge in [0, 0.05) is 24.8 Å². The van der Waals surface area contributed by atoms with Gasteiger partial charge in [-0.15, -0.1) is 0 Å². The van der Waals surface area contributed by atoms with Crippen LogP contribution in [-0.2, 0) is 0 Å². The van der Waals surface area contributed by atoms with Gasteiger partial charge in [0.25, 0.3) is 0 Å². The summed E-state index contributed by atoms with van der Waals surface area (Å²) in [5, 5.41) is 3.57. The number of H-pyrrole nitrogens is 1. The van der Waals surface area contributed by atoms with Crippen LogP contribution in [0.3, 0.4) is 0 Å². The molecule has 0 bridgehead atoms. The molecule has 1 fully saturated rings. The van der Waals surface area contributed by atoms with Crippen molar-refractivity contribution in [3.8, 4) is 0 Å². The van der Waals surface area contributed by atoms with Crippen molar-refractivity contribution in [1.82, 2.24) is 9.97 Å². The molecule has 1 aromatic carbocycles. The van der Waals surface area contributed by atoms with Gasteiger partial charge in [-0.25, -0.2) is 4.98 Å². The molecule has 114 valence electrons. The highest BCUT2D eigenvalue weighted by atomic mass is 15.1. The molecule has 2 aromatic rings. The first-order valence-electron chi connectivity index (χ1n) is 8.31. The third-order valence-corrected chi connectivity index (χ3v) is 4.54. The largest absolute Gasteiger partial charge is 0.372 e. The van der Waals surface area contributed by atoms with Crippen LogP contribution in [0.1, 0.15) is 46.0 Å². The van der Waals surface area contributed by atoms with Crippen molar-refractivity contribution in [2.75, 3.05) is 23.3 Å². The maximum absolute atomic E-state index is 4.67. The van der Waals surface area contributed by atoms with Crippen LogP contribution >= 0.6 is 0 Å². The predicted molar refractivity (Wildman–Crippen MR) is 90.2 cm³/mol. The summed E-state index contributed by atoms with van der Waals surface area (Å²) in [6.45, 7) is 6.44. The molecule has 1 aromatic heterocycles. The number of benzene rings is 1. The Morgan fingerprint density at radius 2 is 1.95 bits per heavy atom. The number of aromatic nitrogens is 2. The molecule has 0 amide bonds. The van der Waals surface area contributed by atoms with Crippen molar-refractivity contribution in [3.63, 3.8) is 0 Å². The van der Waals surface area contributed by atoms with E-state index in [9.17, 15) is 0 Å². The van der Waals surface area contributed by atoms with Crippen molar-refractivity contribution < 1.29 is 0 Å². The van der Waals surface area contributed by atoms with E-state index in [1.807, 2.05) is 0 Å². The summed E-state index contributed by atoms with van der Waals surface area (Å²) in [6, 6.07) is 7.08. The highest BCUT2D eigenvalue weighted by molar-refractivity contribution is 5.81. The molecule has 4 heteroatoms. The van der Waals surface area contributed by atoms with E-state index < -0.39 is 0 Å². The zero-order chi connectivity index (χ0) is 14.7. The predicted octanol–water partition coefficient (Wildman–Crippen LogP) is 4.15. The molecule has 1 saturated carbocycles. The van der Waals surface area contributed by atoms with E-state index in [0.717, 1.165) is 30.1 Å². The van der Waals surface area contributed by atoms with Gasteiger partial charge < -0.3 is 15.2 Å². The number of anilines is 2. The van der Waals surface area contributed by atoms with Crippen LogP contribution in [0.15, 0.2) is 18.2 Å². The van der Waals surface area contributed by atoms with E-state index in [4.69, 9.17) is 0 Å². The fraction of sp³-hybridized carbons (Fsp3) is 0.588. The van der Waals surface area contributed by atoms with Crippen LogP contribution in [0.25, 0.3) is 11.0 Å². The highest BCUT2D eigenvalue weighted by Crippen LogP contribution is 2.24. The highest BCUT2D eigenvalue weighted by Gasteiger charge is 2.14. The number of nitrogens with zero attached hydrogens (tertiary/aromatic N) is 2. The van der Waals surface area contributed by atoms with Crippen molar-refractivity contribution in [3.05, 3.63) is 18.2 Å². The number of hydrogen-bond donors (Lipinski definition) is 2. The molecule has 0 aliphatic heterocycles. The fourth-order valence-corrected chi connectivity index (χ4v) is 3.29. The van der Waals surface area contributed by atoms with Crippen LogP contribution in [0.4, 0.5) is 11.6 Å². The number of rotatable bonds is 5. The van der Waals surface area contributed by atoms with Crippen molar-refractivity contribution in [1.29, 1.82) is 0 Å². The number of aromatic amines is 1. The lowest BCUT2D eigenvalue weighted by atomic mass is 9.96. The van der Waals surface area contributed by atoms with E-state index in [1.54, 1.807) is 0 Å². The quantitative estimate of drug-likeness (QED) is 0.867. The van der Waals surface area contributed by atoms with Gasteiger partial charge >= 0.3 is 0 Å². The second-order valence-corrected chi connectivity index (χ2v) is 5.94. The van der Waals surface area contributed by atoms with Crippen LogP contribution in [0, 0.1) is 0 Å². The molecule has 2 N–H and O–H groups in total. The van der Waals surface area contributed by atoms with E-state index in [1.165, 1.54) is 37.8 Å². The summed E-state index contributed by atoms with van der Waals surface area (Å²) in [4.78, 5) is 10.5. The smallest absolute Gasteiger partial charge is 0.201 e. The number of fused-ring (bicyclic) bond motifs is 1. The van der Waals surface area contributed by atoms with Gasteiger partial charge in [0.15, 0.2) is 0 Å². The Hall–Kier alpha value is -1.71. The zero-order valence-corrected chi connectivity index (χ0v) is 13.2. The lowest BCUT2D eigenvalue weighted by molar-refractivity contribution is 0.461.